The maximum absolute atomic E-state index is 13.3. The molecular formula is C15H12BF4NO3. The molecule has 4 nitrogen and oxygen atoms in total. The van der Waals surface area contributed by atoms with Crippen LogP contribution < -0.4 is 10.8 Å². The van der Waals surface area contributed by atoms with Crippen molar-refractivity contribution in [3.8, 4) is 0 Å². The third-order valence-corrected chi connectivity index (χ3v) is 3.30. The number of anilines is 1. The minimum absolute atomic E-state index is 0.128. The largest absolute Gasteiger partial charge is 0.488 e. The summed E-state index contributed by atoms with van der Waals surface area (Å²) in [5.74, 6) is -2.15. The van der Waals surface area contributed by atoms with E-state index in [1.54, 1.807) is 6.92 Å². The van der Waals surface area contributed by atoms with Crippen molar-refractivity contribution in [1.82, 2.24) is 0 Å². The van der Waals surface area contributed by atoms with E-state index in [-0.39, 0.29) is 11.2 Å². The molecule has 0 aliphatic rings. The second-order valence-corrected chi connectivity index (χ2v) is 5.13. The van der Waals surface area contributed by atoms with Gasteiger partial charge in [0.1, 0.15) is 5.82 Å². The van der Waals surface area contributed by atoms with E-state index in [9.17, 15) is 32.4 Å². The molecule has 2 aromatic carbocycles. The Bertz CT molecular complexity index is 778. The van der Waals surface area contributed by atoms with Crippen LogP contribution >= 0.6 is 0 Å². The van der Waals surface area contributed by atoms with E-state index in [0.29, 0.717) is 23.8 Å². The Balaban J connectivity index is 2.31. The summed E-state index contributed by atoms with van der Waals surface area (Å²) in [7, 11) is -1.77. The zero-order valence-corrected chi connectivity index (χ0v) is 12.4. The number of hydrogen-bond donors (Lipinski definition) is 3. The minimum Gasteiger partial charge on any atom is -0.423 e. The number of hydrogen-bond acceptors (Lipinski definition) is 3. The van der Waals surface area contributed by atoms with E-state index in [1.807, 2.05) is 0 Å². The molecule has 0 saturated heterocycles. The Kier molecular flexibility index (Phi) is 4.95. The number of rotatable bonds is 3. The van der Waals surface area contributed by atoms with Gasteiger partial charge < -0.3 is 15.4 Å². The number of carbonyl (C=O) groups excluding carboxylic acids is 1. The van der Waals surface area contributed by atoms with Gasteiger partial charge in [-0.15, -0.1) is 0 Å². The van der Waals surface area contributed by atoms with Crippen LogP contribution in [0.4, 0.5) is 23.2 Å². The highest BCUT2D eigenvalue weighted by Crippen LogP contribution is 2.30. The molecule has 9 heteroatoms. The second kappa shape index (κ2) is 6.62. The Morgan fingerprint density at radius 1 is 1.12 bits per heavy atom. The van der Waals surface area contributed by atoms with E-state index in [2.05, 4.69) is 5.32 Å². The van der Waals surface area contributed by atoms with E-state index in [4.69, 9.17) is 0 Å². The van der Waals surface area contributed by atoms with Crippen LogP contribution in [0.15, 0.2) is 36.4 Å². The third-order valence-electron chi connectivity index (χ3n) is 3.30. The van der Waals surface area contributed by atoms with Gasteiger partial charge in [-0.2, -0.15) is 13.2 Å². The fraction of sp³-hybridized carbons (Fsp3) is 0.133. The van der Waals surface area contributed by atoms with Gasteiger partial charge in [0.25, 0.3) is 5.91 Å². The summed E-state index contributed by atoms with van der Waals surface area (Å²) in [5, 5.41) is 20.7. The number of alkyl halides is 3. The topological polar surface area (TPSA) is 69.6 Å². The van der Waals surface area contributed by atoms with Crippen LogP contribution in [0, 0.1) is 12.7 Å². The van der Waals surface area contributed by atoms with Gasteiger partial charge in [0.15, 0.2) is 0 Å². The molecule has 0 aliphatic carbocycles. The molecule has 24 heavy (non-hydrogen) atoms. The summed E-state index contributed by atoms with van der Waals surface area (Å²) in [6.45, 7) is 1.61. The highest BCUT2D eigenvalue weighted by atomic mass is 19.4. The van der Waals surface area contributed by atoms with Crippen molar-refractivity contribution in [2.45, 2.75) is 13.1 Å². The lowest BCUT2D eigenvalue weighted by molar-refractivity contribution is -0.137. The van der Waals surface area contributed by atoms with Crippen LogP contribution in [0.2, 0.25) is 0 Å². The Labute approximate surface area is 134 Å². The average molecular weight is 341 g/mol. The molecule has 3 N–H and O–H groups in total. The predicted molar refractivity (Wildman–Crippen MR) is 80.4 cm³/mol. The van der Waals surface area contributed by atoms with Crippen molar-refractivity contribution in [1.29, 1.82) is 0 Å². The molecule has 0 bridgehead atoms. The molecule has 0 radical (unpaired) electrons. The number of amides is 1. The maximum Gasteiger partial charge on any atom is 0.488 e. The van der Waals surface area contributed by atoms with E-state index < -0.39 is 36.1 Å². The van der Waals surface area contributed by atoms with Crippen LogP contribution in [0.1, 0.15) is 21.5 Å². The standard InChI is InChI=1S/C15H12BF4NO3/c1-8-2-3-12(7-13(8)16(23)24)21-14(22)9-4-10(15(18,19)20)6-11(17)5-9/h2-7,23-24H,1H3,(H,21,22). The lowest BCUT2D eigenvalue weighted by Crippen LogP contribution is -2.32. The lowest BCUT2D eigenvalue weighted by atomic mass is 9.77. The van der Waals surface area contributed by atoms with E-state index in [0.717, 1.165) is 0 Å². The SMILES string of the molecule is Cc1ccc(NC(=O)c2cc(F)cc(C(F)(F)F)c2)cc1B(O)O. The van der Waals surface area contributed by atoms with Gasteiger partial charge in [-0.3, -0.25) is 4.79 Å². The third kappa shape index (κ3) is 4.12. The molecule has 0 atom stereocenters. The van der Waals surface area contributed by atoms with Gasteiger partial charge in [-0.1, -0.05) is 11.6 Å². The van der Waals surface area contributed by atoms with Crippen molar-refractivity contribution < 1.29 is 32.4 Å². The smallest absolute Gasteiger partial charge is 0.423 e. The van der Waals surface area contributed by atoms with Gasteiger partial charge in [0.2, 0.25) is 0 Å². The number of benzene rings is 2. The van der Waals surface area contributed by atoms with Gasteiger partial charge in [-0.05, 0) is 42.7 Å². The number of carbonyl (C=O) groups is 1. The quantitative estimate of drug-likeness (QED) is 0.592. The molecule has 1 amide bonds. The van der Waals surface area contributed by atoms with Crippen molar-refractivity contribution in [3.05, 3.63) is 58.9 Å². The highest BCUT2D eigenvalue weighted by molar-refractivity contribution is 6.59. The summed E-state index contributed by atoms with van der Waals surface area (Å²) in [4.78, 5) is 12.0. The van der Waals surface area contributed by atoms with Crippen molar-refractivity contribution in [3.63, 3.8) is 0 Å². The molecule has 0 aromatic heterocycles. The van der Waals surface area contributed by atoms with E-state index in [1.165, 1.54) is 18.2 Å². The Morgan fingerprint density at radius 2 is 1.79 bits per heavy atom. The van der Waals surface area contributed by atoms with Crippen LogP contribution in [-0.2, 0) is 6.18 Å². The average Bonchev–Trinajstić information content (AvgIpc) is 2.47. The first-order valence-corrected chi connectivity index (χ1v) is 6.74. The summed E-state index contributed by atoms with van der Waals surface area (Å²) >= 11 is 0. The van der Waals surface area contributed by atoms with E-state index >= 15 is 0 Å². The van der Waals surface area contributed by atoms with Crippen molar-refractivity contribution >= 4 is 24.2 Å². The van der Waals surface area contributed by atoms with Crippen LogP contribution in [0.3, 0.4) is 0 Å². The minimum atomic E-state index is -4.78. The number of nitrogens with one attached hydrogen (secondary N) is 1. The van der Waals surface area contributed by atoms with Gasteiger partial charge in [0, 0.05) is 11.3 Å². The number of aryl methyl sites for hydroxylation is 1. The van der Waals surface area contributed by atoms with Crippen molar-refractivity contribution in [2.24, 2.45) is 0 Å². The van der Waals surface area contributed by atoms with Crippen molar-refractivity contribution in [2.75, 3.05) is 5.32 Å². The monoisotopic (exact) mass is 341 g/mol. The zero-order chi connectivity index (χ0) is 18.1. The summed E-state index contributed by atoms with van der Waals surface area (Å²) in [6.07, 6.45) is -4.78. The fourth-order valence-corrected chi connectivity index (χ4v) is 2.08. The van der Waals surface area contributed by atoms with Gasteiger partial charge in [0.05, 0.1) is 5.56 Å². The molecular weight excluding hydrogens is 329 g/mol. The Morgan fingerprint density at radius 3 is 2.38 bits per heavy atom. The van der Waals surface area contributed by atoms with Gasteiger partial charge >= 0.3 is 13.3 Å². The predicted octanol–water partition coefficient (Wildman–Crippen LogP) is 2.09. The van der Waals surface area contributed by atoms with Crippen LogP contribution in [0.25, 0.3) is 0 Å². The molecule has 0 fully saturated rings. The molecule has 0 saturated carbocycles. The molecule has 2 rings (SSSR count). The first kappa shape index (κ1) is 18.0. The first-order valence-electron chi connectivity index (χ1n) is 6.74. The lowest BCUT2D eigenvalue weighted by Gasteiger charge is -2.11. The first-order chi connectivity index (χ1) is 11.1. The molecule has 0 heterocycles. The van der Waals surface area contributed by atoms with Gasteiger partial charge in [-0.25, -0.2) is 4.39 Å². The molecule has 0 aliphatic heterocycles. The molecule has 2 aromatic rings. The highest BCUT2D eigenvalue weighted by Gasteiger charge is 2.32. The fourth-order valence-electron chi connectivity index (χ4n) is 2.08. The summed E-state index contributed by atoms with van der Waals surface area (Å²) in [5.41, 5.74) is -0.973. The normalized spacial score (nSPS) is 11.3. The zero-order valence-electron chi connectivity index (χ0n) is 12.4. The van der Waals surface area contributed by atoms with Crippen LogP contribution in [-0.4, -0.2) is 23.1 Å². The molecule has 0 unspecified atom stereocenters. The summed E-state index contributed by atoms with van der Waals surface area (Å²) in [6, 6.07) is 5.71. The maximum atomic E-state index is 13.3. The number of halogens is 4. The van der Waals surface area contributed by atoms with Crippen LogP contribution in [0.5, 0.6) is 0 Å². The molecule has 126 valence electrons. The Hall–Kier alpha value is -2.39. The molecule has 0 spiro atoms. The second-order valence-electron chi connectivity index (χ2n) is 5.13. The summed E-state index contributed by atoms with van der Waals surface area (Å²) < 4.78 is 51.3.